The third-order valence-electron chi connectivity index (χ3n) is 3.47. The van der Waals surface area contributed by atoms with Crippen molar-refractivity contribution in [2.45, 2.75) is 13.3 Å². The molecule has 0 aliphatic heterocycles. The lowest BCUT2D eigenvalue weighted by molar-refractivity contribution is -0.116. The summed E-state index contributed by atoms with van der Waals surface area (Å²) in [4.78, 5) is 28.3. The number of nitrogens with one attached hydrogen (secondary N) is 2. The number of hydrogen-bond donors (Lipinski definition) is 2. The van der Waals surface area contributed by atoms with E-state index in [2.05, 4.69) is 15.6 Å². The summed E-state index contributed by atoms with van der Waals surface area (Å²) in [5.74, 6) is 0.153. The summed E-state index contributed by atoms with van der Waals surface area (Å²) in [6.07, 6.45) is 0.150. The summed E-state index contributed by atoms with van der Waals surface area (Å²) in [5, 5.41) is 12.3. The van der Waals surface area contributed by atoms with Gasteiger partial charge in [0.25, 0.3) is 0 Å². The zero-order valence-corrected chi connectivity index (χ0v) is 15.9. The fraction of sp³-hybridized carbons (Fsp3) is 0.167. The van der Waals surface area contributed by atoms with Crippen LogP contribution in [0.1, 0.15) is 12.6 Å². The second-order valence-electron chi connectivity index (χ2n) is 5.47. The van der Waals surface area contributed by atoms with Crippen molar-refractivity contribution in [2.75, 3.05) is 17.7 Å². The Morgan fingerprint density at radius 1 is 1.15 bits per heavy atom. The minimum Gasteiger partial charge on any atom is -0.497 e. The highest BCUT2D eigenvalue weighted by molar-refractivity contribution is 7.14. The molecule has 0 radical (unpaired) electrons. The number of thiazole rings is 1. The Bertz CT molecular complexity index is 920. The second kappa shape index (κ2) is 8.11. The maximum atomic E-state index is 12.4. The average molecular weight is 387 g/mol. The number of aromatic nitrogens is 1. The summed E-state index contributed by atoms with van der Waals surface area (Å²) in [6, 6.07) is 7.08. The molecule has 1 aromatic carbocycles. The number of benzene rings is 1. The molecule has 0 aliphatic rings. The summed E-state index contributed by atoms with van der Waals surface area (Å²) in [7, 11) is 1.54. The second-order valence-corrected chi connectivity index (χ2v) is 7.11. The quantitative estimate of drug-likeness (QED) is 0.669. The van der Waals surface area contributed by atoms with Crippen molar-refractivity contribution in [1.29, 1.82) is 0 Å². The number of anilines is 2. The third-order valence-corrected chi connectivity index (χ3v) is 5.10. The molecule has 0 atom stereocenters. The van der Waals surface area contributed by atoms with Gasteiger partial charge in [0.1, 0.15) is 10.8 Å². The van der Waals surface area contributed by atoms with E-state index in [1.807, 2.05) is 22.2 Å². The molecule has 0 unspecified atom stereocenters. The van der Waals surface area contributed by atoms with Crippen molar-refractivity contribution in [1.82, 2.24) is 4.98 Å². The van der Waals surface area contributed by atoms with Crippen LogP contribution >= 0.6 is 22.7 Å². The van der Waals surface area contributed by atoms with Crippen molar-refractivity contribution in [3.8, 4) is 16.3 Å². The molecule has 0 bridgehead atoms. The molecule has 2 heterocycles. The molecule has 134 valence electrons. The summed E-state index contributed by atoms with van der Waals surface area (Å²) >= 11 is 3.12. The third kappa shape index (κ3) is 4.47. The van der Waals surface area contributed by atoms with Crippen LogP contribution in [0.4, 0.5) is 11.4 Å². The van der Waals surface area contributed by atoms with Crippen LogP contribution in [0.5, 0.6) is 5.75 Å². The largest absolute Gasteiger partial charge is 0.497 e. The molecule has 0 fully saturated rings. The molecule has 0 spiro atoms. The van der Waals surface area contributed by atoms with Crippen molar-refractivity contribution in [3.63, 3.8) is 0 Å². The van der Waals surface area contributed by atoms with Crippen LogP contribution in [0.25, 0.3) is 10.6 Å². The van der Waals surface area contributed by atoms with Gasteiger partial charge in [-0.15, -0.1) is 11.3 Å². The van der Waals surface area contributed by atoms with E-state index in [0.29, 0.717) is 22.8 Å². The SMILES string of the molecule is COc1ccc(NC(C)=O)c(NC(=O)Cc2csc(-c3ccsc3)n2)c1. The predicted molar refractivity (Wildman–Crippen MR) is 105 cm³/mol. The molecule has 8 heteroatoms. The Labute approximate surface area is 158 Å². The van der Waals surface area contributed by atoms with Gasteiger partial charge >= 0.3 is 0 Å². The number of carbonyl (C=O) groups is 2. The number of nitrogens with zero attached hydrogens (tertiary/aromatic N) is 1. The zero-order valence-electron chi connectivity index (χ0n) is 14.2. The molecule has 0 saturated carbocycles. The molecular formula is C18H17N3O3S2. The van der Waals surface area contributed by atoms with Gasteiger partial charge in [0, 0.05) is 29.3 Å². The molecule has 2 amide bonds. The lowest BCUT2D eigenvalue weighted by Gasteiger charge is -2.12. The van der Waals surface area contributed by atoms with Gasteiger partial charge in [0.2, 0.25) is 11.8 Å². The molecule has 6 nitrogen and oxygen atoms in total. The lowest BCUT2D eigenvalue weighted by atomic mass is 10.2. The predicted octanol–water partition coefficient (Wildman–Crippen LogP) is 4.02. The minimum atomic E-state index is -0.217. The maximum absolute atomic E-state index is 12.4. The van der Waals surface area contributed by atoms with Gasteiger partial charge in [-0.05, 0) is 23.6 Å². The van der Waals surface area contributed by atoms with E-state index in [1.165, 1.54) is 18.3 Å². The van der Waals surface area contributed by atoms with Crippen molar-refractivity contribution < 1.29 is 14.3 Å². The number of thiophene rings is 1. The minimum absolute atomic E-state index is 0.150. The van der Waals surface area contributed by atoms with Crippen LogP contribution in [-0.4, -0.2) is 23.9 Å². The van der Waals surface area contributed by atoms with Crippen LogP contribution in [-0.2, 0) is 16.0 Å². The van der Waals surface area contributed by atoms with Crippen molar-refractivity contribution >= 4 is 45.9 Å². The van der Waals surface area contributed by atoms with E-state index >= 15 is 0 Å². The van der Waals surface area contributed by atoms with Crippen molar-refractivity contribution in [3.05, 3.63) is 46.1 Å². The Hall–Kier alpha value is -2.71. The van der Waals surface area contributed by atoms with Gasteiger partial charge in [0.15, 0.2) is 0 Å². The fourth-order valence-electron chi connectivity index (χ4n) is 2.32. The first-order valence-electron chi connectivity index (χ1n) is 7.77. The number of methoxy groups -OCH3 is 1. The van der Waals surface area contributed by atoms with Crippen LogP contribution in [0.2, 0.25) is 0 Å². The molecular weight excluding hydrogens is 370 g/mol. The fourth-order valence-corrected chi connectivity index (χ4v) is 3.85. The normalized spacial score (nSPS) is 10.4. The van der Waals surface area contributed by atoms with E-state index in [-0.39, 0.29) is 18.2 Å². The highest BCUT2D eigenvalue weighted by atomic mass is 32.1. The van der Waals surface area contributed by atoms with Gasteiger partial charge in [-0.3, -0.25) is 9.59 Å². The maximum Gasteiger partial charge on any atom is 0.230 e. The Morgan fingerprint density at radius 2 is 2.00 bits per heavy atom. The number of carbonyl (C=O) groups excluding carboxylic acids is 2. The molecule has 3 rings (SSSR count). The molecule has 26 heavy (non-hydrogen) atoms. The van der Waals surface area contributed by atoms with Gasteiger partial charge in [-0.2, -0.15) is 11.3 Å². The van der Waals surface area contributed by atoms with E-state index in [4.69, 9.17) is 4.74 Å². The Kier molecular flexibility index (Phi) is 5.65. The summed E-state index contributed by atoms with van der Waals surface area (Å²) in [5.41, 5.74) is 2.77. The highest BCUT2D eigenvalue weighted by Crippen LogP contribution is 2.28. The number of ether oxygens (including phenoxy) is 1. The number of amides is 2. The first kappa shape index (κ1) is 18.1. The van der Waals surface area contributed by atoms with Gasteiger partial charge < -0.3 is 15.4 Å². The van der Waals surface area contributed by atoms with E-state index in [1.54, 1.807) is 36.6 Å². The topological polar surface area (TPSA) is 80.3 Å². The average Bonchev–Trinajstić information content (AvgIpc) is 3.27. The lowest BCUT2D eigenvalue weighted by Crippen LogP contribution is -2.17. The van der Waals surface area contributed by atoms with Crippen LogP contribution in [0.3, 0.4) is 0 Å². The van der Waals surface area contributed by atoms with Gasteiger partial charge in [0.05, 0.1) is 30.6 Å². The van der Waals surface area contributed by atoms with Crippen LogP contribution in [0.15, 0.2) is 40.4 Å². The molecule has 0 aliphatic carbocycles. The first-order chi connectivity index (χ1) is 12.5. The number of rotatable bonds is 6. The molecule has 2 N–H and O–H groups in total. The highest BCUT2D eigenvalue weighted by Gasteiger charge is 2.13. The van der Waals surface area contributed by atoms with Gasteiger partial charge in [-0.1, -0.05) is 0 Å². The Balaban J connectivity index is 1.72. The first-order valence-corrected chi connectivity index (χ1v) is 9.60. The van der Waals surface area contributed by atoms with Crippen LogP contribution < -0.4 is 15.4 Å². The monoisotopic (exact) mass is 387 g/mol. The zero-order chi connectivity index (χ0) is 18.5. The summed E-state index contributed by atoms with van der Waals surface area (Å²) in [6.45, 7) is 1.41. The van der Waals surface area contributed by atoms with Crippen molar-refractivity contribution in [2.24, 2.45) is 0 Å². The smallest absolute Gasteiger partial charge is 0.230 e. The standard InChI is InChI=1S/C18H17N3O3S2/c1-11(22)19-15-4-3-14(24-2)8-16(15)21-17(23)7-13-10-26-18(20-13)12-5-6-25-9-12/h3-6,8-10H,7H2,1-2H3,(H,19,22)(H,21,23). The van der Waals surface area contributed by atoms with E-state index in [0.717, 1.165) is 10.6 Å². The molecule has 3 aromatic rings. The van der Waals surface area contributed by atoms with E-state index < -0.39 is 0 Å². The Morgan fingerprint density at radius 3 is 2.69 bits per heavy atom. The summed E-state index contributed by atoms with van der Waals surface area (Å²) < 4.78 is 5.19. The van der Waals surface area contributed by atoms with Gasteiger partial charge in [-0.25, -0.2) is 4.98 Å². The number of hydrogen-bond acceptors (Lipinski definition) is 6. The van der Waals surface area contributed by atoms with E-state index in [9.17, 15) is 9.59 Å². The molecule has 2 aromatic heterocycles. The van der Waals surface area contributed by atoms with Crippen LogP contribution in [0, 0.1) is 0 Å². The molecule has 0 saturated heterocycles.